The van der Waals surface area contributed by atoms with Crippen molar-refractivity contribution in [3.05, 3.63) is 0 Å². The standard InChI is InChI=1S/C7H11N3O3/c8-6(9-13)5-3-1-10(7(11)12)2-4(3)5/h3-5,13H,1-2H2,(H2,8,9)(H,11,12)/t3-,4+,5-. The first kappa shape index (κ1) is 8.15. The number of fused-ring (bicyclic) bond motifs is 1. The molecular formula is C7H11N3O3. The molecule has 1 heterocycles. The number of carbonyl (C=O) groups is 1. The summed E-state index contributed by atoms with van der Waals surface area (Å²) in [5.41, 5.74) is 5.42. The maximum Gasteiger partial charge on any atom is 0.407 e. The minimum atomic E-state index is -0.884. The van der Waals surface area contributed by atoms with Crippen LogP contribution in [0.4, 0.5) is 4.79 Å². The van der Waals surface area contributed by atoms with Gasteiger partial charge in [0.1, 0.15) is 5.84 Å². The Hall–Kier alpha value is -1.46. The summed E-state index contributed by atoms with van der Waals surface area (Å²) in [7, 11) is 0. The van der Waals surface area contributed by atoms with Crippen molar-refractivity contribution in [2.75, 3.05) is 13.1 Å². The number of amidine groups is 1. The van der Waals surface area contributed by atoms with Crippen LogP contribution in [0.5, 0.6) is 0 Å². The highest BCUT2D eigenvalue weighted by atomic mass is 16.4. The number of amides is 1. The first-order valence-electron chi connectivity index (χ1n) is 4.10. The van der Waals surface area contributed by atoms with Crippen LogP contribution in [0.15, 0.2) is 5.16 Å². The van der Waals surface area contributed by atoms with Gasteiger partial charge in [-0.2, -0.15) is 0 Å². The Balaban J connectivity index is 1.94. The summed E-state index contributed by atoms with van der Waals surface area (Å²) < 4.78 is 0. The molecule has 3 atom stereocenters. The fraction of sp³-hybridized carbons (Fsp3) is 0.714. The zero-order valence-corrected chi connectivity index (χ0v) is 6.92. The molecule has 2 rings (SSSR count). The van der Waals surface area contributed by atoms with E-state index < -0.39 is 6.09 Å². The van der Waals surface area contributed by atoms with E-state index >= 15 is 0 Å². The third-order valence-corrected chi connectivity index (χ3v) is 2.92. The van der Waals surface area contributed by atoms with Gasteiger partial charge in [-0.05, 0) is 11.8 Å². The van der Waals surface area contributed by atoms with Crippen molar-refractivity contribution in [2.24, 2.45) is 28.6 Å². The third-order valence-electron chi connectivity index (χ3n) is 2.92. The predicted molar refractivity (Wildman–Crippen MR) is 43.5 cm³/mol. The summed E-state index contributed by atoms with van der Waals surface area (Å²) >= 11 is 0. The van der Waals surface area contributed by atoms with E-state index in [1.165, 1.54) is 4.90 Å². The second-order valence-corrected chi connectivity index (χ2v) is 3.57. The molecule has 2 aliphatic rings. The van der Waals surface area contributed by atoms with Crippen molar-refractivity contribution in [3.8, 4) is 0 Å². The molecule has 4 N–H and O–H groups in total. The number of nitrogens with zero attached hydrogens (tertiary/aromatic N) is 2. The van der Waals surface area contributed by atoms with E-state index in [0.29, 0.717) is 13.1 Å². The van der Waals surface area contributed by atoms with E-state index in [4.69, 9.17) is 16.0 Å². The Bertz CT molecular complexity index is 266. The lowest BCUT2D eigenvalue weighted by Crippen LogP contribution is -2.32. The lowest BCUT2D eigenvalue weighted by Gasteiger charge is -2.14. The summed E-state index contributed by atoms with van der Waals surface area (Å²) in [5.74, 6) is 0.875. The van der Waals surface area contributed by atoms with E-state index in [-0.39, 0.29) is 23.6 Å². The van der Waals surface area contributed by atoms with Crippen LogP contribution in [0.2, 0.25) is 0 Å². The number of oxime groups is 1. The van der Waals surface area contributed by atoms with Crippen LogP contribution in [0.25, 0.3) is 0 Å². The Labute approximate surface area is 74.6 Å². The SMILES string of the molecule is N/C(=N\O)[C@@H]1[C@@H]2CN(C(=O)O)C[C@@H]21. The Kier molecular flexibility index (Phi) is 1.58. The number of carboxylic acid groups (broad SMARTS) is 1. The highest BCUT2D eigenvalue weighted by molar-refractivity contribution is 5.86. The molecule has 2 fully saturated rings. The number of piperidine rings is 1. The number of nitrogens with two attached hydrogens (primary N) is 1. The lowest BCUT2D eigenvalue weighted by molar-refractivity contribution is 0.149. The maximum atomic E-state index is 10.5. The molecule has 0 bridgehead atoms. The molecule has 13 heavy (non-hydrogen) atoms. The van der Waals surface area contributed by atoms with Gasteiger partial charge in [0.15, 0.2) is 0 Å². The molecular weight excluding hydrogens is 174 g/mol. The summed E-state index contributed by atoms with van der Waals surface area (Å²) in [6, 6.07) is 0. The van der Waals surface area contributed by atoms with Gasteiger partial charge in [0.25, 0.3) is 0 Å². The fourth-order valence-electron chi connectivity index (χ4n) is 2.19. The quantitative estimate of drug-likeness (QED) is 0.224. The van der Waals surface area contributed by atoms with Crippen molar-refractivity contribution in [1.29, 1.82) is 0 Å². The van der Waals surface area contributed by atoms with Crippen molar-refractivity contribution in [2.45, 2.75) is 0 Å². The minimum absolute atomic E-state index is 0.0978. The van der Waals surface area contributed by atoms with Crippen LogP contribution < -0.4 is 5.73 Å². The molecule has 6 nitrogen and oxygen atoms in total. The predicted octanol–water partition coefficient (Wildman–Crippen LogP) is -0.411. The van der Waals surface area contributed by atoms with Gasteiger partial charge < -0.3 is 20.9 Å². The summed E-state index contributed by atoms with van der Waals surface area (Å²) in [5, 5.41) is 20.0. The topological polar surface area (TPSA) is 99.2 Å². The lowest BCUT2D eigenvalue weighted by atomic mass is 10.2. The van der Waals surface area contributed by atoms with Crippen molar-refractivity contribution < 1.29 is 15.1 Å². The molecule has 0 radical (unpaired) electrons. The molecule has 0 spiro atoms. The second kappa shape index (κ2) is 2.51. The summed E-state index contributed by atoms with van der Waals surface area (Å²) in [6.07, 6.45) is -0.884. The van der Waals surface area contributed by atoms with E-state index in [0.717, 1.165) is 0 Å². The zero-order valence-electron chi connectivity index (χ0n) is 6.92. The summed E-state index contributed by atoms with van der Waals surface area (Å²) in [6.45, 7) is 1.03. The fourth-order valence-corrected chi connectivity index (χ4v) is 2.19. The minimum Gasteiger partial charge on any atom is -0.465 e. The van der Waals surface area contributed by atoms with Crippen LogP contribution in [-0.4, -0.2) is 40.2 Å². The van der Waals surface area contributed by atoms with E-state index in [1.54, 1.807) is 0 Å². The molecule has 6 heteroatoms. The van der Waals surface area contributed by atoms with Crippen molar-refractivity contribution >= 4 is 11.9 Å². The second-order valence-electron chi connectivity index (χ2n) is 3.57. The monoisotopic (exact) mass is 185 g/mol. The molecule has 1 saturated heterocycles. The highest BCUT2D eigenvalue weighted by Gasteiger charge is 2.58. The number of rotatable bonds is 1. The first-order valence-corrected chi connectivity index (χ1v) is 4.10. The van der Waals surface area contributed by atoms with Crippen LogP contribution in [0, 0.1) is 17.8 Å². The molecule has 0 aromatic carbocycles. The molecule has 0 aromatic heterocycles. The van der Waals surface area contributed by atoms with E-state index in [1.807, 2.05) is 0 Å². The molecule has 1 saturated carbocycles. The third kappa shape index (κ3) is 1.09. The first-order chi connectivity index (χ1) is 6.15. The Morgan fingerprint density at radius 3 is 2.38 bits per heavy atom. The smallest absolute Gasteiger partial charge is 0.407 e. The average Bonchev–Trinajstić information content (AvgIpc) is 2.58. The molecule has 1 aliphatic carbocycles. The Morgan fingerprint density at radius 1 is 1.46 bits per heavy atom. The van der Waals surface area contributed by atoms with Crippen LogP contribution >= 0.6 is 0 Å². The largest absolute Gasteiger partial charge is 0.465 e. The summed E-state index contributed by atoms with van der Waals surface area (Å²) in [4.78, 5) is 11.9. The van der Waals surface area contributed by atoms with E-state index in [9.17, 15) is 4.79 Å². The molecule has 1 amide bonds. The molecule has 1 aliphatic heterocycles. The molecule has 0 aromatic rings. The zero-order chi connectivity index (χ0) is 9.59. The molecule has 0 unspecified atom stereocenters. The number of hydrogen-bond acceptors (Lipinski definition) is 3. The van der Waals surface area contributed by atoms with Crippen LogP contribution in [-0.2, 0) is 0 Å². The maximum absolute atomic E-state index is 10.5. The van der Waals surface area contributed by atoms with Gasteiger partial charge in [0, 0.05) is 19.0 Å². The van der Waals surface area contributed by atoms with Crippen molar-refractivity contribution in [1.82, 2.24) is 4.90 Å². The van der Waals surface area contributed by atoms with Gasteiger partial charge in [0.05, 0.1) is 0 Å². The van der Waals surface area contributed by atoms with Gasteiger partial charge >= 0.3 is 6.09 Å². The normalized spacial score (nSPS) is 37.4. The number of hydrogen-bond donors (Lipinski definition) is 3. The highest BCUT2D eigenvalue weighted by Crippen LogP contribution is 2.51. The average molecular weight is 185 g/mol. The van der Waals surface area contributed by atoms with Gasteiger partial charge in [-0.25, -0.2) is 4.79 Å². The van der Waals surface area contributed by atoms with Crippen molar-refractivity contribution in [3.63, 3.8) is 0 Å². The van der Waals surface area contributed by atoms with E-state index in [2.05, 4.69) is 5.16 Å². The Morgan fingerprint density at radius 2 is 2.00 bits per heavy atom. The van der Waals surface area contributed by atoms with Crippen LogP contribution in [0.3, 0.4) is 0 Å². The van der Waals surface area contributed by atoms with Crippen LogP contribution in [0.1, 0.15) is 0 Å². The van der Waals surface area contributed by atoms with Gasteiger partial charge in [-0.1, -0.05) is 5.16 Å². The van der Waals surface area contributed by atoms with Gasteiger partial charge in [-0.3, -0.25) is 0 Å². The van der Waals surface area contributed by atoms with Gasteiger partial charge in [0.2, 0.25) is 0 Å². The number of likely N-dealkylation sites (tertiary alicyclic amines) is 1. The molecule has 72 valence electrons. The van der Waals surface area contributed by atoms with Gasteiger partial charge in [-0.15, -0.1) is 0 Å².